The zero-order valence-corrected chi connectivity index (χ0v) is 17.2. The maximum atomic E-state index is 13.6. The standard InChI is InChI=1S/C21H31ClN2O2/c1-5-24(15-18(25)23-20(2,3)4)19(26)21(12-7-6-8-13-21)16-10-9-11-17(22)14-16/h9-11,14H,5-8,12-13,15H2,1-4H3,(H,23,25). The quantitative estimate of drug-likeness (QED) is 0.830. The van der Waals surface area contributed by atoms with Crippen LogP contribution in [0.5, 0.6) is 0 Å². The molecule has 0 aromatic heterocycles. The molecule has 1 aliphatic carbocycles. The van der Waals surface area contributed by atoms with Crippen LogP contribution in [0.2, 0.25) is 5.02 Å². The Kier molecular flexibility index (Phi) is 6.73. The van der Waals surface area contributed by atoms with Crippen LogP contribution >= 0.6 is 11.6 Å². The van der Waals surface area contributed by atoms with Gasteiger partial charge in [-0.05, 0) is 58.2 Å². The van der Waals surface area contributed by atoms with Crippen LogP contribution in [0.1, 0.15) is 65.4 Å². The maximum absolute atomic E-state index is 13.6. The van der Waals surface area contributed by atoms with Gasteiger partial charge in [0.1, 0.15) is 0 Å². The summed E-state index contributed by atoms with van der Waals surface area (Å²) in [5.74, 6) is -0.0734. The number of halogens is 1. The molecule has 0 bridgehead atoms. The summed E-state index contributed by atoms with van der Waals surface area (Å²) < 4.78 is 0. The summed E-state index contributed by atoms with van der Waals surface area (Å²) in [5.41, 5.74) is 0.0975. The third-order valence-corrected chi connectivity index (χ3v) is 5.25. The molecule has 5 heteroatoms. The van der Waals surface area contributed by atoms with Crippen LogP contribution in [0.15, 0.2) is 24.3 Å². The smallest absolute Gasteiger partial charge is 0.240 e. The van der Waals surface area contributed by atoms with E-state index in [4.69, 9.17) is 11.6 Å². The minimum absolute atomic E-state index is 0.0472. The first kappa shape index (κ1) is 20.8. The molecule has 0 radical (unpaired) electrons. The summed E-state index contributed by atoms with van der Waals surface area (Å²) >= 11 is 6.21. The lowest BCUT2D eigenvalue weighted by atomic mass is 9.68. The van der Waals surface area contributed by atoms with Crippen LogP contribution in [-0.2, 0) is 15.0 Å². The molecule has 0 heterocycles. The number of rotatable bonds is 5. The Morgan fingerprint density at radius 3 is 2.38 bits per heavy atom. The molecular formula is C21H31ClN2O2. The molecular weight excluding hydrogens is 348 g/mol. The minimum Gasteiger partial charge on any atom is -0.350 e. The fourth-order valence-electron chi connectivity index (χ4n) is 3.83. The van der Waals surface area contributed by atoms with Gasteiger partial charge < -0.3 is 10.2 Å². The Morgan fingerprint density at radius 1 is 1.19 bits per heavy atom. The van der Waals surface area contributed by atoms with Gasteiger partial charge in [-0.15, -0.1) is 0 Å². The molecule has 26 heavy (non-hydrogen) atoms. The lowest BCUT2D eigenvalue weighted by Crippen LogP contribution is -2.52. The van der Waals surface area contributed by atoms with Crippen molar-refractivity contribution >= 4 is 23.4 Å². The molecule has 0 spiro atoms. The SMILES string of the molecule is CCN(CC(=O)NC(C)(C)C)C(=O)C1(c2cccc(Cl)c2)CCCCC1. The fraction of sp³-hybridized carbons (Fsp3) is 0.619. The molecule has 2 amide bonds. The van der Waals surface area contributed by atoms with Gasteiger partial charge in [-0.3, -0.25) is 9.59 Å². The van der Waals surface area contributed by atoms with E-state index in [1.54, 1.807) is 4.90 Å². The Labute approximate surface area is 162 Å². The summed E-state index contributed by atoms with van der Waals surface area (Å²) in [7, 11) is 0. The van der Waals surface area contributed by atoms with E-state index in [2.05, 4.69) is 5.32 Å². The second-order valence-corrected chi connectivity index (χ2v) is 8.71. The first-order valence-electron chi connectivity index (χ1n) is 9.54. The lowest BCUT2D eigenvalue weighted by molar-refractivity contribution is -0.142. The minimum atomic E-state index is -0.568. The number of hydrogen-bond acceptors (Lipinski definition) is 2. The van der Waals surface area contributed by atoms with Crippen molar-refractivity contribution in [2.24, 2.45) is 0 Å². The van der Waals surface area contributed by atoms with Gasteiger partial charge >= 0.3 is 0 Å². The Hall–Kier alpha value is -1.55. The molecule has 144 valence electrons. The van der Waals surface area contributed by atoms with Crippen LogP contribution in [0, 0.1) is 0 Å². The van der Waals surface area contributed by atoms with Crippen LogP contribution in [0.3, 0.4) is 0 Å². The van der Waals surface area contributed by atoms with Crippen molar-refractivity contribution in [3.63, 3.8) is 0 Å². The highest BCUT2D eigenvalue weighted by molar-refractivity contribution is 6.30. The summed E-state index contributed by atoms with van der Waals surface area (Å²) in [6, 6.07) is 7.65. The highest BCUT2D eigenvalue weighted by Crippen LogP contribution is 2.41. The molecule has 0 atom stereocenters. The predicted octanol–water partition coefficient (Wildman–Crippen LogP) is 4.31. The van der Waals surface area contributed by atoms with Crippen molar-refractivity contribution in [3.8, 4) is 0 Å². The summed E-state index contributed by atoms with van der Waals surface area (Å²) in [6.45, 7) is 8.36. The van der Waals surface area contributed by atoms with Crippen LogP contribution in [-0.4, -0.2) is 35.3 Å². The van der Waals surface area contributed by atoms with E-state index < -0.39 is 5.41 Å². The van der Waals surface area contributed by atoms with Crippen LogP contribution in [0.25, 0.3) is 0 Å². The number of hydrogen-bond donors (Lipinski definition) is 1. The third-order valence-electron chi connectivity index (χ3n) is 5.01. The predicted molar refractivity (Wildman–Crippen MR) is 106 cm³/mol. The highest BCUT2D eigenvalue weighted by Gasteiger charge is 2.43. The van der Waals surface area contributed by atoms with Crippen molar-refractivity contribution in [1.29, 1.82) is 0 Å². The Morgan fingerprint density at radius 2 is 1.85 bits per heavy atom. The number of nitrogens with zero attached hydrogens (tertiary/aromatic N) is 1. The number of nitrogens with one attached hydrogen (secondary N) is 1. The Bertz CT molecular complexity index is 646. The summed E-state index contributed by atoms with van der Waals surface area (Å²) in [5, 5.41) is 3.60. The Balaban J connectivity index is 2.28. The maximum Gasteiger partial charge on any atom is 0.240 e. The molecule has 1 saturated carbocycles. The number of carbonyl (C=O) groups is 2. The fourth-order valence-corrected chi connectivity index (χ4v) is 4.02. The highest BCUT2D eigenvalue weighted by atomic mass is 35.5. The number of benzene rings is 1. The molecule has 1 aliphatic rings. The van der Waals surface area contributed by atoms with E-state index in [1.807, 2.05) is 52.0 Å². The molecule has 1 aromatic rings. The molecule has 2 rings (SSSR count). The summed E-state index contributed by atoms with van der Waals surface area (Å²) in [6.07, 6.45) is 4.80. The van der Waals surface area contributed by atoms with Gasteiger partial charge in [0.25, 0.3) is 0 Å². The van der Waals surface area contributed by atoms with Gasteiger partial charge in [-0.1, -0.05) is 43.0 Å². The van der Waals surface area contributed by atoms with Crippen molar-refractivity contribution in [2.75, 3.05) is 13.1 Å². The molecule has 0 saturated heterocycles. The van der Waals surface area contributed by atoms with E-state index in [9.17, 15) is 9.59 Å². The van der Waals surface area contributed by atoms with E-state index in [-0.39, 0.29) is 23.9 Å². The van der Waals surface area contributed by atoms with Gasteiger partial charge in [0, 0.05) is 17.1 Å². The van der Waals surface area contributed by atoms with Crippen molar-refractivity contribution in [1.82, 2.24) is 10.2 Å². The van der Waals surface area contributed by atoms with Crippen molar-refractivity contribution < 1.29 is 9.59 Å². The molecule has 1 fully saturated rings. The van der Waals surface area contributed by atoms with Crippen molar-refractivity contribution in [3.05, 3.63) is 34.9 Å². The second kappa shape index (κ2) is 8.43. The zero-order valence-electron chi connectivity index (χ0n) is 16.4. The third kappa shape index (κ3) is 5.00. The van der Waals surface area contributed by atoms with Gasteiger partial charge in [0.2, 0.25) is 11.8 Å². The number of amides is 2. The van der Waals surface area contributed by atoms with E-state index in [1.165, 1.54) is 0 Å². The number of carbonyl (C=O) groups excluding carboxylic acids is 2. The average Bonchev–Trinajstić information content (AvgIpc) is 2.58. The number of likely N-dealkylation sites (N-methyl/N-ethyl adjacent to an activating group) is 1. The normalized spacial score (nSPS) is 16.8. The monoisotopic (exact) mass is 378 g/mol. The molecule has 0 aliphatic heterocycles. The first-order valence-corrected chi connectivity index (χ1v) is 9.92. The average molecular weight is 379 g/mol. The topological polar surface area (TPSA) is 49.4 Å². The van der Waals surface area contributed by atoms with E-state index in [0.717, 1.165) is 37.7 Å². The molecule has 0 unspecified atom stereocenters. The lowest BCUT2D eigenvalue weighted by Gasteiger charge is -2.40. The second-order valence-electron chi connectivity index (χ2n) is 8.27. The molecule has 4 nitrogen and oxygen atoms in total. The van der Waals surface area contributed by atoms with Gasteiger partial charge in [-0.2, -0.15) is 0 Å². The first-order chi connectivity index (χ1) is 12.2. The molecule has 1 aromatic carbocycles. The van der Waals surface area contributed by atoms with Gasteiger partial charge in [-0.25, -0.2) is 0 Å². The van der Waals surface area contributed by atoms with Crippen LogP contribution in [0.4, 0.5) is 0 Å². The van der Waals surface area contributed by atoms with E-state index >= 15 is 0 Å². The molecule has 1 N–H and O–H groups in total. The largest absolute Gasteiger partial charge is 0.350 e. The van der Waals surface area contributed by atoms with Crippen molar-refractivity contribution in [2.45, 2.75) is 70.8 Å². The van der Waals surface area contributed by atoms with E-state index in [0.29, 0.717) is 11.6 Å². The van der Waals surface area contributed by atoms with Gasteiger partial charge in [0.15, 0.2) is 0 Å². The van der Waals surface area contributed by atoms with Gasteiger partial charge in [0.05, 0.1) is 12.0 Å². The zero-order chi connectivity index (χ0) is 19.4. The summed E-state index contributed by atoms with van der Waals surface area (Å²) in [4.78, 5) is 27.6. The van der Waals surface area contributed by atoms with Crippen LogP contribution < -0.4 is 5.32 Å².